The van der Waals surface area contributed by atoms with Crippen molar-refractivity contribution in [3.8, 4) is 0 Å². The minimum absolute atomic E-state index is 0.167. The molecular formula is C11H13ClOS. The molecule has 0 amide bonds. The Morgan fingerprint density at radius 3 is 2.14 bits per heavy atom. The quantitative estimate of drug-likeness (QED) is 0.676. The van der Waals surface area contributed by atoms with Gasteiger partial charge < -0.3 is 0 Å². The second-order valence-corrected chi connectivity index (χ2v) is 5.58. The van der Waals surface area contributed by atoms with Gasteiger partial charge in [0.15, 0.2) is 5.12 Å². The number of benzene rings is 1. The zero-order valence-electron chi connectivity index (χ0n) is 8.50. The fraction of sp³-hybridized carbons (Fsp3) is 0.364. The number of carbonyl (C=O) groups is 1. The van der Waals surface area contributed by atoms with E-state index in [0.29, 0.717) is 5.02 Å². The largest absolute Gasteiger partial charge is 0.286 e. The van der Waals surface area contributed by atoms with Crippen LogP contribution in [0.25, 0.3) is 0 Å². The molecule has 0 aromatic heterocycles. The molecule has 1 rings (SSSR count). The second kappa shape index (κ2) is 4.37. The van der Waals surface area contributed by atoms with Crippen LogP contribution in [-0.2, 0) is 4.79 Å². The molecule has 0 heterocycles. The van der Waals surface area contributed by atoms with Crippen molar-refractivity contribution in [3.63, 3.8) is 0 Å². The Hall–Kier alpha value is -0.470. The van der Waals surface area contributed by atoms with Crippen LogP contribution in [0.3, 0.4) is 0 Å². The third-order valence-corrected chi connectivity index (χ3v) is 3.19. The molecule has 76 valence electrons. The first-order chi connectivity index (χ1) is 6.39. The summed E-state index contributed by atoms with van der Waals surface area (Å²) in [5.74, 6) is 0. The van der Waals surface area contributed by atoms with Crippen LogP contribution in [0.2, 0.25) is 5.02 Å². The fourth-order valence-electron chi connectivity index (χ4n) is 0.763. The second-order valence-electron chi connectivity index (χ2n) is 4.09. The van der Waals surface area contributed by atoms with Crippen LogP contribution in [0.1, 0.15) is 20.8 Å². The average Bonchev–Trinajstić information content (AvgIpc) is 2.07. The summed E-state index contributed by atoms with van der Waals surface area (Å²) in [6, 6.07) is 7.30. The van der Waals surface area contributed by atoms with E-state index in [-0.39, 0.29) is 10.5 Å². The van der Waals surface area contributed by atoms with Gasteiger partial charge in [-0.05, 0) is 24.3 Å². The van der Waals surface area contributed by atoms with Crippen LogP contribution in [-0.4, -0.2) is 5.12 Å². The molecule has 0 atom stereocenters. The fourth-order valence-corrected chi connectivity index (χ4v) is 1.68. The minimum atomic E-state index is -0.301. The number of rotatable bonds is 1. The average molecular weight is 229 g/mol. The van der Waals surface area contributed by atoms with E-state index in [4.69, 9.17) is 11.6 Å². The van der Waals surface area contributed by atoms with Crippen molar-refractivity contribution >= 4 is 28.5 Å². The van der Waals surface area contributed by atoms with E-state index in [9.17, 15) is 4.79 Å². The molecule has 1 aromatic rings. The summed E-state index contributed by atoms with van der Waals surface area (Å²) in [5, 5.41) is 0.859. The molecule has 0 fully saturated rings. The summed E-state index contributed by atoms with van der Waals surface area (Å²) in [7, 11) is 0. The summed E-state index contributed by atoms with van der Waals surface area (Å²) in [6.07, 6.45) is 0. The van der Waals surface area contributed by atoms with Crippen LogP contribution in [0, 0.1) is 5.41 Å². The van der Waals surface area contributed by atoms with Gasteiger partial charge in [-0.1, -0.05) is 44.1 Å². The first kappa shape index (κ1) is 11.6. The monoisotopic (exact) mass is 228 g/mol. The topological polar surface area (TPSA) is 17.1 Å². The van der Waals surface area contributed by atoms with Gasteiger partial charge >= 0.3 is 0 Å². The van der Waals surface area contributed by atoms with Crippen molar-refractivity contribution in [2.75, 3.05) is 0 Å². The van der Waals surface area contributed by atoms with Crippen molar-refractivity contribution < 1.29 is 4.79 Å². The third-order valence-electron chi connectivity index (χ3n) is 1.64. The van der Waals surface area contributed by atoms with Crippen molar-refractivity contribution in [3.05, 3.63) is 29.3 Å². The van der Waals surface area contributed by atoms with Gasteiger partial charge in [0.2, 0.25) is 0 Å². The van der Waals surface area contributed by atoms with Crippen LogP contribution in [0.5, 0.6) is 0 Å². The molecule has 0 bridgehead atoms. The number of hydrogen-bond acceptors (Lipinski definition) is 2. The van der Waals surface area contributed by atoms with Gasteiger partial charge in [-0.25, -0.2) is 0 Å². The summed E-state index contributed by atoms with van der Waals surface area (Å²) in [6.45, 7) is 5.74. The molecule has 0 N–H and O–H groups in total. The summed E-state index contributed by atoms with van der Waals surface area (Å²) in [4.78, 5) is 12.6. The Morgan fingerprint density at radius 1 is 1.21 bits per heavy atom. The van der Waals surface area contributed by atoms with E-state index in [1.54, 1.807) is 12.1 Å². The summed E-state index contributed by atoms with van der Waals surface area (Å²) >= 11 is 7.01. The van der Waals surface area contributed by atoms with Gasteiger partial charge in [-0.15, -0.1) is 0 Å². The highest BCUT2D eigenvalue weighted by molar-refractivity contribution is 8.13. The lowest BCUT2D eigenvalue weighted by molar-refractivity contribution is -0.117. The van der Waals surface area contributed by atoms with Crippen LogP contribution in [0.15, 0.2) is 29.2 Å². The highest BCUT2D eigenvalue weighted by Crippen LogP contribution is 2.29. The Labute approximate surface area is 93.8 Å². The predicted molar refractivity (Wildman–Crippen MR) is 61.8 cm³/mol. The summed E-state index contributed by atoms with van der Waals surface area (Å²) in [5.41, 5.74) is -0.301. The first-order valence-electron chi connectivity index (χ1n) is 4.37. The number of halogens is 1. The van der Waals surface area contributed by atoms with Crippen molar-refractivity contribution in [2.45, 2.75) is 25.7 Å². The summed E-state index contributed by atoms with van der Waals surface area (Å²) < 4.78 is 0. The van der Waals surface area contributed by atoms with Crippen LogP contribution < -0.4 is 0 Å². The van der Waals surface area contributed by atoms with Crippen molar-refractivity contribution in [2.24, 2.45) is 5.41 Å². The molecule has 3 heteroatoms. The molecule has 1 nitrogen and oxygen atoms in total. The standard InChI is InChI=1S/C11H13ClOS/c1-11(2,3)10(13)14-9-6-4-8(12)5-7-9/h4-7H,1-3H3. The zero-order chi connectivity index (χ0) is 10.8. The molecule has 0 spiro atoms. The first-order valence-corrected chi connectivity index (χ1v) is 5.57. The Balaban J connectivity index is 2.71. The SMILES string of the molecule is CC(C)(C)C(=O)Sc1ccc(Cl)cc1. The van der Waals surface area contributed by atoms with Crippen LogP contribution in [0.4, 0.5) is 0 Å². The Bertz CT molecular complexity index is 324. The number of thioether (sulfide) groups is 1. The van der Waals surface area contributed by atoms with E-state index in [1.165, 1.54) is 11.8 Å². The van der Waals surface area contributed by atoms with Gasteiger partial charge in [-0.3, -0.25) is 4.79 Å². The Morgan fingerprint density at radius 2 is 1.71 bits per heavy atom. The van der Waals surface area contributed by atoms with Crippen molar-refractivity contribution in [1.82, 2.24) is 0 Å². The maximum atomic E-state index is 11.6. The lowest BCUT2D eigenvalue weighted by Crippen LogP contribution is -2.15. The molecule has 0 saturated carbocycles. The molecule has 0 radical (unpaired) electrons. The van der Waals surface area contributed by atoms with Crippen molar-refractivity contribution in [1.29, 1.82) is 0 Å². The van der Waals surface area contributed by atoms with Gasteiger partial charge in [0.05, 0.1) is 0 Å². The molecular weight excluding hydrogens is 216 g/mol. The minimum Gasteiger partial charge on any atom is -0.286 e. The van der Waals surface area contributed by atoms with E-state index in [2.05, 4.69) is 0 Å². The molecule has 1 aromatic carbocycles. The predicted octanol–water partition coefficient (Wildman–Crippen LogP) is 4.00. The van der Waals surface area contributed by atoms with Gasteiger partial charge in [-0.2, -0.15) is 0 Å². The molecule has 0 saturated heterocycles. The lowest BCUT2D eigenvalue weighted by atomic mass is 10.00. The normalized spacial score (nSPS) is 11.4. The molecule has 0 aliphatic rings. The maximum Gasteiger partial charge on any atom is 0.198 e. The Kier molecular flexibility index (Phi) is 3.62. The highest BCUT2D eigenvalue weighted by atomic mass is 35.5. The number of hydrogen-bond donors (Lipinski definition) is 0. The molecule has 14 heavy (non-hydrogen) atoms. The molecule has 0 unspecified atom stereocenters. The molecule has 0 aliphatic carbocycles. The third kappa shape index (κ3) is 3.35. The van der Waals surface area contributed by atoms with Gasteiger partial charge in [0, 0.05) is 15.3 Å². The molecule has 0 aliphatic heterocycles. The number of carbonyl (C=O) groups excluding carboxylic acids is 1. The van der Waals surface area contributed by atoms with E-state index in [0.717, 1.165) is 4.90 Å². The smallest absolute Gasteiger partial charge is 0.198 e. The maximum absolute atomic E-state index is 11.6. The van der Waals surface area contributed by atoms with E-state index < -0.39 is 0 Å². The van der Waals surface area contributed by atoms with Gasteiger partial charge in [0.25, 0.3) is 0 Å². The highest BCUT2D eigenvalue weighted by Gasteiger charge is 2.21. The lowest BCUT2D eigenvalue weighted by Gasteiger charge is -2.15. The van der Waals surface area contributed by atoms with E-state index >= 15 is 0 Å². The zero-order valence-corrected chi connectivity index (χ0v) is 10.1. The van der Waals surface area contributed by atoms with Gasteiger partial charge in [0.1, 0.15) is 0 Å². The van der Waals surface area contributed by atoms with Crippen LogP contribution >= 0.6 is 23.4 Å². The van der Waals surface area contributed by atoms with E-state index in [1.807, 2.05) is 32.9 Å².